The van der Waals surface area contributed by atoms with E-state index < -0.39 is 0 Å². The minimum Gasteiger partial charge on any atom is -0.481 e. The second-order valence-electron chi connectivity index (χ2n) is 3.74. The van der Waals surface area contributed by atoms with Crippen molar-refractivity contribution in [3.8, 4) is 5.88 Å². The van der Waals surface area contributed by atoms with E-state index in [1.165, 1.54) is 0 Å². The molecule has 2 heterocycles. The van der Waals surface area contributed by atoms with E-state index in [1.54, 1.807) is 55.5 Å². The maximum absolute atomic E-state index is 11.9. The second-order valence-corrected chi connectivity index (χ2v) is 3.74. The second kappa shape index (κ2) is 5.31. The van der Waals surface area contributed by atoms with Crippen LogP contribution >= 0.6 is 0 Å². The number of nitrogens with one attached hydrogen (secondary N) is 1. The number of amides is 1. The first-order chi connectivity index (χ1) is 8.70. The van der Waals surface area contributed by atoms with Crippen LogP contribution in [0.4, 0.5) is 5.69 Å². The summed E-state index contributed by atoms with van der Waals surface area (Å²) < 4.78 is 6.53. The van der Waals surface area contributed by atoms with Gasteiger partial charge in [-0.2, -0.15) is 5.10 Å². The van der Waals surface area contributed by atoms with Crippen molar-refractivity contribution in [1.29, 1.82) is 0 Å². The number of anilines is 1. The minimum atomic E-state index is -0.373. The Labute approximate surface area is 105 Å². The number of methoxy groups -OCH3 is 1. The lowest BCUT2D eigenvalue weighted by molar-refractivity contribution is -0.119. The molecule has 2 aromatic rings. The van der Waals surface area contributed by atoms with Crippen LogP contribution in [-0.4, -0.2) is 27.8 Å². The molecule has 0 aliphatic rings. The molecular formula is C12H14N4O2. The van der Waals surface area contributed by atoms with E-state index >= 15 is 0 Å². The Kier molecular flexibility index (Phi) is 3.57. The van der Waals surface area contributed by atoms with Crippen LogP contribution in [0.25, 0.3) is 0 Å². The summed E-state index contributed by atoms with van der Waals surface area (Å²) in [6.45, 7) is 1.78. The molecular weight excluding hydrogens is 232 g/mol. The van der Waals surface area contributed by atoms with Crippen LogP contribution in [0.1, 0.15) is 13.0 Å². The summed E-state index contributed by atoms with van der Waals surface area (Å²) in [4.78, 5) is 15.9. The van der Waals surface area contributed by atoms with Gasteiger partial charge in [-0.1, -0.05) is 0 Å². The number of rotatable bonds is 4. The molecule has 2 aromatic heterocycles. The zero-order chi connectivity index (χ0) is 13.0. The summed E-state index contributed by atoms with van der Waals surface area (Å²) in [5.41, 5.74) is 0.625. The van der Waals surface area contributed by atoms with Crippen molar-refractivity contribution in [2.24, 2.45) is 0 Å². The van der Waals surface area contributed by atoms with Gasteiger partial charge in [-0.25, -0.2) is 4.98 Å². The third-order valence-electron chi connectivity index (χ3n) is 2.51. The molecule has 1 atom stereocenters. The maximum Gasteiger partial charge on any atom is 0.248 e. The quantitative estimate of drug-likeness (QED) is 0.887. The summed E-state index contributed by atoms with van der Waals surface area (Å²) in [7, 11) is 1.54. The van der Waals surface area contributed by atoms with Gasteiger partial charge >= 0.3 is 0 Å². The number of pyridine rings is 1. The number of aromatic nitrogens is 3. The summed E-state index contributed by atoms with van der Waals surface area (Å²) >= 11 is 0. The molecule has 0 saturated carbocycles. The predicted octanol–water partition coefficient (Wildman–Crippen LogP) is 1.49. The number of hydrogen-bond acceptors (Lipinski definition) is 4. The Hall–Kier alpha value is -2.37. The average molecular weight is 246 g/mol. The number of carbonyl (C=O) groups is 1. The van der Waals surface area contributed by atoms with Crippen molar-refractivity contribution in [3.05, 3.63) is 36.8 Å². The number of hydrogen-bond donors (Lipinski definition) is 1. The largest absolute Gasteiger partial charge is 0.481 e. The van der Waals surface area contributed by atoms with Crippen LogP contribution < -0.4 is 10.1 Å². The normalized spacial score (nSPS) is 11.9. The highest BCUT2D eigenvalue weighted by molar-refractivity contribution is 5.93. The predicted molar refractivity (Wildman–Crippen MR) is 66.4 cm³/mol. The highest BCUT2D eigenvalue weighted by Crippen LogP contribution is 2.13. The van der Waals surface area contributed by atoms with E-state index in [9.17, 15) is 4.79 Å². The summed E-state index contributed by atoms with van der Waals surface area (Å²) in [5.74, 6) is 0.360. The van der Waals surface area contributed by atoms with Crippen LogP contribution in [0.2, 0.25) is 0 Å². The van der Waals surface area contributed by atoms with Crippen molar-refractivity contribution >= 4 is 11.6 Å². The van der Waals surface area contributed by atoms with Crippen LogP contribution in [0.15, 0.2) is 36.8 Å². The van der Waals surface area contributed by atoms with Crippen molar-refractivity contribution in [2.45, 2.75) is 13.0 Å². The first kappa shape index (κ1) is 12.1. The fraction of sp³-hybridized carbons (Fsp3) is 0.250. The van der Waals surface area contributed by atoms with Crippen LogP contribution in [-0.2, 0) is 4.79 Å². The number of carbonyl (C=O) groups excluding carboxylic acids is 1. The molecule has 0 radical (unpaired) electrons. The van der Waals surface area contributed by atoms with Crippen molar-refractivity contribution in [1.82, 2.24) is 14.8 Å². The molecule has 6 heteroatoms. The molecule has 0 aliphatic heterocycles. The highest BCUT2D eigenvalue weighted by atomic mass is 16.5. The molecule has 0 saturated heterocycles. The van der Waals surface area contributed by atoms with Gasteiger partial charge in [0.25, 0.3) is 0 Å². The highest BCUT2D eigenvalue weighted by Gasteiger charge is 2.14. The molecule has 94 valence electrons. The van der Waals surface area contributed by atoms with Crippen molar-refractivity contribution < 1.29 is 9.53 Å². The summed E-state index contributed by atoms with van der Waals surface area (Å²) in [6, 6.07) is 4.83. The monoisotopic (exact) mass is 246 g/mol. The minimum absolute atomic E-state index is 0.148. The molecule has 1 N–H and O–H groups in total. The molecule has 0 fully saturated rings. The van der Waals surface area contributed by atoms with Gasteiger partial charge in [0.05, 0.1) is 19.0 Å². The van der Waals surface area contributed by atoms with E-state index in [0.29, 0.717) is 11.6 Å². The van der Waals surface area contributed by atoms with Gasteiger partial charge in [0, 0.05) is 18.5 Å². The number of nitrogens with zero attached hydrogens (tertiary/aromatic N) is 3. The maximum atomic E-state index is 11.9. The van der Waals surface area contributed by atoms with Gasteiger partial charge in [0.1, 0.15) is 6.04 Å². The van der Waals surface area contributed by atoms with E-state index in [-0.39, 0.29) is 11.9 Å². The lowest BCUT2D eigenvalue weighted by Gasteiger charge is -2.12. The Balaban J connectivity index is 2.02. The van der Waals surface area contributed by atoms with E-state index in [4.69, 9.17) is 4.74 Å². The molecule has 6 nitrogen and oxygen atoms in total. The Morgan fingerprint density at radius 1 is 1.50 bits per heavy atom. The molecule has 0 bridgehead atoms. The van der Waals surface area contributed by atoms with Crippen molar-refractivity contribution in [3.63, 3.8) is 0 Å². The molecule has 0 spiro atoms. The standard InChI is InChI=1S/C12H14N4O2/c1-9(16-7-3-6-14-16)12(17)15-10-4-5-11(18-2)13-8-10/h3-9H,1-2H3,(H,15,17)/t9-/m1/s1. The van der Waals surface area contributed by atoms with E-state index in [1.807, 2.05) is 0 Å². The summed E-state index contributed by atoms with van der Waals surface area (Å²) in [5, 5.41) is 6.79. The van der Waals surface area contributed by atoms with Crippen LogP contribution in [0.5, 0.6) is 5.88 Å². The SMILES string of the molecule is COc1ccc(NC(=O)[C@@H](C)n2cccn2)cn1. The van der Waals surface area contributed by atoms with Gasteiger partial charge < -0.3 is 10.1 Å². The fourth-order valence-corrected chi connectivity index (χ4v) is 1.45. The molecule has 0 aliphatic carbocycles. The molecule has 1 amide bonds. The Bertz CT molecular complexity index is 507. The third-order valence-corrected chi connectivity index (χ3v) is 2.51. The van der Waals surface area contributed by atoms with Gasteiger partial charge in [-0.15, -0.1) is 0 Å². The van der Waals surface area contributed by atoms with Crippen molar-refractivity contribution in [2.75, 3.05) is 12.4 Å². The molecule has 0 unspecified atom stereocenters. The van der Waals surface area contributed by atoms with E-state index in [0.717, 1.165) is 0 Å². The molecule has 2 rings (SSSR count). The fourth-order valence-electron chi connectivity index (χ4n) is 1.45. The smallest absolute Gasteiger partial charge is 0.248 e. The van der Waals surface area contributed by atoms with E-state index in [2.05, 4.69) is 15.4 Å². The summed E-state index contributed by atoms with van der Waals surface area (Å²) in [6.07, 6.45) is 4.93. The Morgan fingerprint density at radius 3 is 2.89 bits per heavy atom. The van der Waals surface area contributed by atoms with Gasteiger partial charge in [-0.05, 0) is 19.1 Å². The zero-order valence-electron chi connectivity index (χ0n) is 10.2. The third kappa shape index (κ3) is 2.65. The number of ether oxygens (including phenoxy) is 1. The first-order valence-electron chi connectivity index (χ1n) is 5.50. The zero-order valence-corrected chi connectivity index (χ0v) is 10.2. The van der Waals surface area contributed by atoms with Gasteiger partial charge in [-0.3, -0.25) is 9.48 Å². The molecule has 0 aromatic carbocycles. The van der Waals surface area contributed by atoms with Gasteiger partial charge in [0.15, 0.2) is 0 Å². The lowest BCUT2D eigenvalue weighted by atomic mass is 10.3. The average Bonchev–Trinajstić information content (AvgIpc) is 2.92. The van der Waals surface area contributed by atoms with Crippen LogP contribution in [0, 0.1) is 0 Å². The lowest BCUT2D eigenvalue weighted by Crippen LogP contribution is -2.24. The first-order valence-corrected chi connectivity index (χ1v) is 5.50. The topological polar surface area (TPSA) is 69.0 Å². The van der Waals surface area contributed by atoms with Crippen LogP contribution in [0.3, 0.4) is 0 Å². The Morgan fingerprint density at radius 2 is 2.33 bits per heavy atom. The molecule has 18 heavy (non-hydrogen) atoms. The van der Waals surface area contributed by atoms with Gasteiger partial charge in [0.2, 0.25) is 11.8 Å².